The fraction of sp³-hybridized carbons (Fsp3) is 0.913. The van der Waals surface area contributed by atoms with Gasteiger partial charge in [-0.2, -0.15) is 0 Å². The van der Waals surface area contributed by atoms with Gasteiger partial charge in [0.05, 0.1) is 0 Å². The fourth-order valence-electron chi connectivity index (χ4n) is 3.68. The van der Waals surface area contributed by atoms with Crippen molar-refractivity contribution in [1.82, 2.24) is 0 Å². The third kappa shape index (κ3) is 16.4. The van der Waals surface area contributed by atoms with E-state index in [1.807, 2.05) is 0 Å². The van der Waals surface area contributed by atoms with E-state index >= 15 is 0 Å². The van der Waals surface area contributed by atoms with Crippen LogP contribution in [0.1, 0.15) is 135 Å². The first-order chi connectivity index (χ1) is 11.5. The molecule has 0 fully saturated rings. The highest BCUT2D eigenvalue weighted by Gasteiger charge is 1.95. The van der Waals surface area contributed by atoms with Crippen LogP contribution in [0.5, 0.6) is 0 Å². The van der Waals surface area contributed by atoms with Crippen molar-refractivity contribution in [3.05, 3.63) is 12.2 Å². The zero-order chi connectivity index (χ0) is 16.3. The first-order valence-corrected chi connectivity index (χ1v) is 11.1. The van der Waals surface area contributed by atoms with Crippen LogP contribution in [-0.4, -0.2) is 0 Å². The van der Waals surface area contributed by atoms with Crippen LogP contribution >= 0.6 is 0 Å². The Morgan fingerprint density at radius 1 is 0.348 bits per heavy atom. The summed E-state index contributed by atoms with van der Waals surface area (Å²) in [6.45, 7) is 0. The highest BCUT2D eigenvalue weighted by Crippen LogP contribution is 2.15. The van der Waals surface area contributed by atoms with Crippen LogP contribution in [0.4, 0.5) is 0 Å². The molecule has 135 valence electrons. The second-order valence-corrected chi connectivity index (χ2v) is 7.66. The number of rotatable bonds is 0. The van der Waals surface area contributed by atoms with E-state index in [-0.39, 0.29) is 0 Å². The first kappa shape index (κ1) is 20.8. The van der Waals surface area contributed by atoms with E-state index < -0.39 is 0 Å². The Kier molecular flexibility index (Phi) is 16.3. The highest BCUT2D eigenvalue weighted by molar-refractivity contribution is 4.73. The van der Waals surface area contributed by atoms with Crippen molar-refractivity contribution < 1.29 is 0 Å². The molecule has 0 N–H and O–H groups in total. The number of hydrogen-bond acceptors (Lipinski definition) is 0. The summed E-state index contributed by atoms with van der Waals surface area (Å²) in [7, 11) is 0. The molecule has 0 saturated heterocycles. The van der Waals surface area contributed by atoms with E-state index in [1.165, 1.54) is 135 Å². The molecule has 0 spiro atoms. The minimum absolute atomic E-state index is 1.19. The molecule has 0 aromatic rings. The minimum atomic E-state index is 1.19. The average Bonchev–Trinajstić information content (AvgIpc) is 2.56. The van der Waals surface area contributed by atoms with Crippen molar-refractivity contribution in [3.8, 4) is 0 Å². The Morgan fingerprint density at radius 2 is 0.652 bits per heavy atom. The van der Waals surface area contributed by atoms with Gasteiger partial charge < -0.3 is 0 Å². The zero-order valence-corrected chi connectivity index (χ0v) is 15.9. The van der Waals surface area contributed by atoms with Gasteiger partial charge in [0.1, 0.15) is 0 Å². The lowest BCUT2D eigenvalue weighted by Crippen LogP contribution is -1.84. The maximum absolute atomic E-state index is 3.50. The molecule has 0 heteroatoms. The van der Waals surface area contributed by atoms with E-state index in [4.69, 9.17) is 0 Å². The molecular formula is C23H43. The third-order valence-corrected chi connectivity index (χ3v) is 5.31. The summed E-state index contributed by atoms with van der Waals surface area (Å²) < 4.78 is 0. The van der Waals surface area contributed by atoms with Crippen LogP contribution < -0.4 is 0 Å². The van der Waals surface area contributed by atoms with Crippen molar-refractivity contribution in [3.63, 3.8) is 0 Å². The maximum atomic E-state index is 3.50. The molecule has 0 aromatic carbocycles. The summed E-state index contributed by atoms with van der Waals surface area (Å²) >= 11 is 0. The molecule has 0 unspecified atom stereocenters. The van der Waals surface area contributed by atoms with Gasteiger partial charge >= 0.3 is 0 Å². The van der Waals surface area contributed by atoms with E-state index in [1.54, 1.807) is 0 Å². The van der Waals surface area contributed by atoms with E-state index in [2.05, 4.69) is 12.2 Å². The Bertz CT molecular complexity index is 216. The van der Waals surface area contributed by atoms with Crippen LogP contribution in [0.15, 0.2) is 6.08 Å². The van der Waals surface area contributed by atoms with Crippen molar-refractivity contribution >= 4 is 0 Å². The summed E-state index contributed by atoms with van der Waals surface area (Å²) in [4.78, 5) is 0. The molecule has 0 aromatic heterocycles. The monoisotopic (exact) mass is 319 g/mol. The largest absolute Gasteiger partial charge is 0.0811 e. The van der Waals surface area contributed by atoms with E-state index in [0.717, 1.165) is 0 Å². The predicted molar refractivity (Wildman–Crippen MR) is 105 cm³/mol. The average molecular weight is 320 g/mol. The van der Waals surface area contributed by atoms with Crippen molar-refractivity contribution in [2.75, 3.05) is 0 Å². The third-order valence-electron chi connectivity index (χ3n) is 5.31. The number of hydrogen-bond donors (Lipinski definition) is 0. The van der Waals surface area contributed by atoms with Gasteiger partial charge in [0.25, 0.3) is 0 Å². The number of allylic oxidation sites excluding steroid dienone is 2. The Labute approximate surface area is 147 Å². The van der Waals surface area contributed by atoms with Gasteiger partial charge in [0.2, 0.25) is 0 Å². The molecule has 1 aliphatic carbocycles. The Morgan fingerprint density at radius 3 is 1.04 bits per heavy atom. The second-order valence-electron chi connectivity index (χ2n) is 7.66. The Balaban J connectivity index is 2.05. The molecule has 0 bridgehead atoms. The lowest BCUT2D eigenvalue weighted by Gasteiger charge is -2.03. The molecule has 23 heavy (non-hydrogen) atoms. The molecule has 0 saturated carbocycles. The molecule has 0 aliphatic heterocycles. The molecule has 1 rings (SSSR count). The van der Waals surface area contributed by atoms with Gasteiger partial charge in [0.15, 0.2) is 0 Å². The lowest BCUT2D eigenvalue weighted by molar-refractivity contribution is 0.523. The van der Waals surface area contributed by atoms with Crippen molar-refractivity contribution in [1.29, 1.82) is 0 Å². The van der Waals surface area contributed by atoms with Gasteiger partial charge in [-0.1, -0.05) is 115 Å². The predicted octanol–water partition coefficient (Wildman–Crippen LogP) is 8.55. The Hall–Kier alpha value is -0.260. The van der Waals surface area contributed by atoms with Crippen LogP contribution in [-0.2, 0) is 0 Å². The molecular weight excluding hydrogens is 276 g/mol. The summed E-state index contributed by atoms with van der Waals surface area (Å²) in [6, 6.07) is 0. The summed E-state index contributed by atoms with van der Waals surface area (Å²) in [5.74, 6) is 0. The molecule has 1 radical (unpaired) electrons. The van der Waals surface area contributed by atoms with E-state index in [0.29, 0.717) is 0 Å². The van der Waals surface area contributed by atoms with Gasteiger partial charge in [-0.3, -0.25) is 0 Å². The van der Waals surface area contributed by atoms with Crippen LogP contribution in [0.2, 0.25) is 0 Å². The topological polar surface area (TPSA) is 0 Å². The van der Waals surface area contributed by atoms with Crippen LogP contribution in [0.25, 0.3) is 0 Å². The standard InChI is InChI=1S/C23H43/c1-2-4-6-8-10-12-14-16-18-20-22-23-21-19-17-15-13-11-9-7-5-3-1/h1H,2,4-23H2. The van der Waals surface area contributed by atoms with E-state index in [9.17, 15) is 0 Å². The van der Waals surface area contributed by atoms with Crippen molar-refractivity contribution in [2.45, 2.75) is 135 Å². The van der Waals surface area contributed by atoms with Crippen LogP contribution in [0, 0.1) is 6.08 Å². The zero-order valence-electron chi connectivity index (χ0n) is 15.9. The fourth-order valence-corrected chi connectivity index (χ4v) is 3.68. The summed E-state index contributed by atoms with van der Waals surface area (Å²) in [6.07, 6.45) is 36.0. The molecule has 0 heterocycles. The van der Waals surface area contributed by atoms with Gasteiger partial charge in [0, 0.05) is 0 Å². The smallest absolute Gasteiger partial charge is 0.0279 e. The first-order valence-electron chi connectivity index (χ1n) is 11.1. The highest BCUT2D eigenvalue weighted by atomic mass is 14.0. The normalized spacial score (nSPS) is 24.7. The summed E-state index contributed by atoms with van der Waals surface area (Å²) in [5, 5.41) is 0. The quantitative estimate of drug-likeness (QED) is 0.419. The molecule has 0 nitrogen and oxygen atoms in total. The maximum Gasteiger partial charge on any atom is -0.0279 e. The molecule has 0 atom stereocenters. The summed E-state index contributed by atoms with van der Waals surface area (Å²) in [5.41, 5.74) is 0. The second kappa shape index (κ2) is 18.1. The van der Waals surface area contributed by atoms with Crippen LogP contribution in [0.3, 0.4) is 0 Å². The molecule has 1 aliphatic rings. The minimum Gasteiger partial charge on any atom is -0.0811 e. The SMILES string of the molecule is [C]1=C\CCCCCCCCCCCCCCCCCCCCC/1. The van der Waals surface area contributed by atoms with Gasteiger partial charge in [-0.15, -0.1) is 0 Å². The van der Waals surface area contributed by atoms with Gasteiger partial charge in [-0.25, -0.2) is 0 Å². The lowest BCUT2D eigenvalue weighted by atomic mass is 10.0. The van der Waals surface area contributed by atoms with Crippen molar-refractivity contribution in [2.24, 2.45) is 0 Å². The molecule has 0 amide bonds. The van der Waals surface area contributed by atoms with Gasteiger partial charge in [-0.05, 0) is 31.8 Å².